The number of carbonyl (C=O) groups excluding carboxylic acids is 1. The monoisotopic (exact) mass is 342 g/mol. The van der Waals surface area contributed by atoms with Gasteiger partial charge in [-0.1, -0.05) is 32.0 Å². The van der Waals surface area contributed by atoms with Crippen LogP contribution in [0.3, 0.4) is 0 Å². The molecule has 2 N–H and O–H groups in total. The lowest BCUT2D eigenvalue weighted by molar-refractivity contribution is -0.114. The number of para-hydroxylation sites is 2. The number of hydrogen-bond acceptors (Lipinski definition) is 4. The number of nitrogens with one attached hydrogen (secondary N) is 2. The summed E-state index contributed by atoms with van der Waals surface area (Å²) in [7, 11) is 0. The summed E-state index contributed by atoms with van der Waals surface area (Å²) in [4.78, 5) is 12.2. The standard InChI is InChI=1S/C20H26N2O3/c1-4-24-19-11-6-5-10-18(19)22-20(23)13-21-16-8-7-9-17(12-16)25-14-15(2)3/h5-12,15,21H,4,13-14H2,1-3H3,(H,22,23). The van der Waals surface area contributed by atoms with Gasteiger partial charge in [0.2, 0.25) is 5.91 Å². The third kappa shape index (κ3) is 6.37. The van der Waals surface area contributed by atoms with Gasteiger partial charge in [0.25, 0.3) is 0 Å². The first-order chi connectivity index (χ1) is 12.1. The molecule has 0 radical (unpaired) electrons. The summed E-state index contributed by atoms with van der Waals surface area (Å²) in [6.45, 7) is 7.49. The smallest absolute Gasteiger partial charge is 0.243 e. The highest BCUT2D eigenvalue weighted by atomic mass is 16.5. The van der Waals surface area contributed by atoms with Crippen LogP contribution in [-0.2, 0) is 4.79 Å². The quantitative estimate of drug-likeness (QED) is 0.718. The van der Waals surface area contributed by atoms with Crippen molar-refractivity contribution in [2.45, 2.75) is 20.8 Å². The highest BCUT2D eigenvalue weighted by Gasteiger charge is 2.07. The predicted octanol–water partition coefficient (Wildman–Crippen LogP) is 4.17. The van der Waals surface area contributed by atoms with Crippen molar-refractivity contribution >= 4 is 17.3 Å². The largest absolute Gasteiger partial charge is 0.493 e. The lowest BCUT2D eigenvalue weighted by atomic mass is 10.2. The molecule has 0 unspecified atom stereocenters. The Kier molecular flexibility index (Phi) is 7.14. The zero-order chi connectivity index (χ0) is 18.1. The van der Waals surface area contributed by atoms with Gasteiger partial charge in [-0.25, -0.2) is 0 Å². The maximum Gasteiger partial charge on any atom is 0.243 e. The van der Waals surface area contributed by atoms with E-state index in [1.54, 1.807) is 0 Å². The molecule has 134 valence electrons. The van der Waals surface area contributed by atoms with E-state index < -0.39 is 0 Å². The van der Waals surface area contributed by atoms with Crippen molar-refractivity contribution in [2.24, 2.45) is 5.92 Å². The number of ether oxygens (including phenoxy) is 2. The Balaban J connectivity index is 1.89. The molecular formula is C20H26N2O3. The van der Waals surface area contributed by atoms with Crippen molar-refractivity contribution in [2.75, 3.05) is 30.4 Å². The van der Waals surface area contributed by atoms with E-state index in [4.69, 9.17) is 9.47 Å². The molecule has 0 aliphatic heterocycles. The van der Waals surface area contributed by atoms with Gasteiger partial charge >= 0.3 is 0 Å². The van der Waals surface area contributed by atoms with Gasteiger partial charge in [0, 0.05) is 11.8 Å². The van der Waals surface area contributed by atoms with E-state index in [-0.39, 0.29) is 12.5 Å². The molecule has 0 aliphatic rings. The lowest BCUT2D eigenvalue weighted by Crippen LogP contribution is -2.22. The van der Waals surface area contributed by atoms with Crippen molar-refractivity contribution in [3.05, 3.63) is 48.5 Å². The number of hydrogen-bond donors (Lipinski definition) is 2. The lowest BCUT2D eigenvalue weighted by Gasteiger charge is -2.13. The Morgan fingerprint density at radius 1 is 1.08 bits per heavy atom. The van der Waals surface area contributed by atoms with Crippen LogP contribution in [0.4, 0.5) is 11.4 Å². The Labute approximate surface area is 149 Å². The van der Waals surface area contributed by atoms with E-state index in [1.807, 2.05) is 55.5 Å². The van der Waals surface area contributed by atoms with Crippen LogP contribution in [0.5, 0.6) is 11.5 Å². The highest BCUT2D eigenvalue weighted by molar-refractivity contribution is 5.95. The van der Waals surface area contributed by atoms with Gasteiger partial charge in [0.05, 0.1) is 25.4 Å². The van der Waals surface area contributed by atoms with Gasteiger partial charge in [-0.15, -0.1) is 0 Å². The average Bonchev–Trinajstić information content (AvgIpc) is 2.60. The molecule has 0 aromatic heterocycles. The fraction of sp³-hybridized carbons (Fsp3) is 0.350. The molecular weight excluding hydrogens is 316 g/mol. The second-order valence-electron chi connectivity index (χ2n) is 6.06. The summed E-state index contributed by atoms with van der Waals surface area (Å²) in [6.07, 6.45) is 0. The molecule has 0 saturated carbocycles. The van der Waals surface area contributed by atoms with Crippen LogP contribution in [0.15, 0.2) is 48.5 Å². The van der Waals surface area contributed by atoms with Crippen molar-refractivity contribution in [1.29, 1.82) is 0 Å². The number of carbonyl (C=O) groups is 1. The summed E-state index contributed by atoms with van der Waals surface area (Å²) in [5.74, 6) is 1.79. The number of amides is 1. The molecule has 25 heavy (non-hydrogen) atoms. The third-order valence-electron chi connectivity index (χ3n) is 3.33. The molecule has 5 heteroatoms. The SMILES string of the molecule is CCOc1ccccc1NC(=O)CNc1cccc(OCC(C)C)c1. The summed E-state index contributed by atoms with van der Waals surface area (Å²) >= 11 is 0. The van der Waals surface area contributed by atoms with Gasteiger partial charge in [0.1, 0.15) is 11.5 Å². The number of benzene rings is 2. The minimum atomic E-state index is -0.138. The van der Waals surface area contributed by atoms with E-state index >= 15 is 0 Å². The van der Waals surface area contributed by atoms with Gasteiger partial charge in [-0.2, -0.15) is 0 Å². The van der Waals surface area contributed by atoms with E-state index in [2.05, 4.69) is 24.5 Å². The molecule has 2 aromatic carbocycles. The van der Waals surface area contributed by atoms with Gasteiger partial charge in [-0.05, 0) is 37.1 Å². The Morgan fingerprint density at radius 3 is 2.64 bits per heavy atom. The zero-order valence-electron chi connectivity index (χ0n) is 15.0. The van der Waals surface area contributed by atoms with Crippen LogP contribution < -0.4 is 20.1 Å². The molecule has 0 bridgehead atoms. The molecule has 1 amide bonds. The van der Waals surface area contributed by atoms with Crippen molar-refractivity contribution in [1.82, 2.24) is 0 Å². The maximum atomic E-state index is 12.2. The van der Waals surface area contributed by atoms with Crippen LogP contribution in [0.25, 0.3) is 0 Å². The molecule has 0 fully saturated rings. The van der Waals surface area contributed by atoms with E-state index in [1.165, 1.54) is 0 Å². The molecule has 0 aliphatic carbocycles. The number of rotatable bonds is 9. The van der Waals surface area contributed by atoms with Crippen molar-refractivity contribution in [3.63, 3.8) is 0 Å². The maximum absolute atomic E-state index is 12.2. The second-order valence-corrected chi connectivity index (χ2v) is 6.06. The Bertz CT molecular complexity index is 686. The Morgan fingerprint density at radius 2 is 1.88 bits per heavy atom. The van der Waals surface area contributed by atoms with Crippen LogP contribution in [0.2, 0.25) is 0 Å². The molecule has 2 aromatic rings. The van der Waals surface area contributed by atoms with Crippen LogP contribution in [0, 0.1) is 5.92 Å². The number of anilines is 2. The van der Waals surface area contributed by atoms with Crippen LogP contribution >= 0.6 is 0 Å². The normalized spacial score (nSPS) is 10.4. The summed E-state index contributed by atoms with van der Waals surface area (Å²) in [6, 6.07) is 15.0. The predicted molar refractivity (Wildman–Crippen MR) is 102 cm³/mol. The molecule has 0 spiro atoms. The molecule has 0 heterocycles. The average molecular weight is 342 g/mol. The fourth-order valence-electron chi connectivity index (χ4n) is 2.19. The molecule has 0 atom stereocenters. The summed E-state index contributed by atoms with van der Waals surface area (Å²) in [5.41, 5.74) is 1.51. The first-order valence-electron chi connectivity index (χ1n) is 8.57. The minimum Gasteiger partial charge on any atom is -0.493 e. The third-order valence-corrected chi connectivity index (χ3v) is 3.33. The van der Waals surface area contributed by atoms with Crippen LogP contribution in [-0.4, -0.2) is 25.7 Å². The molecule has 0 saturated heterocycles. The fourth-order valence-corrected chi connectivity index (χ4v) is 2.19. The van der Waals surface area contributed by atoms with Gasteiger partial charge < -0.3 is 20.1 Å². The highest BCUT2D eigenvalue weighted by Crippen LogP contribution is 2.23. The topological polar surface area (TPSA) is 59.6 Å². The molecule has 5 nitrogen and oxygen atoms in total. The van der Waals surface area contributed by atoms with Crippen LogP contribution in [0.1, 0.15) is 20.8 Å². The second kappa shape index (κ2) is 9.57. The van der Waals surface area contributed by atoms with Gasteiger partial charge in [0.15, 0.2) is 0 Å². The Hall–Kier alpha value is -2.69. The summed E-state index contributed by atoms with van der Waals surface area (Å²) in [5, 5.41) is 5.97. The first-order valence-corrected chi connectivity index (χ1v) is 8.57. The van der Waals surface area contributed by atoms with Crippen molar-refractivity contribution < 1.29 is 14.3 Å². The van der Waals surface area contributed by atoms with Gasteiger partial charge in [-0.3, -0.25) is 4.79 Å². The zero-order valence-corrected chi connectivity index (χ0v) is 15.0. The van der Waals surface area contributed by atoms with E-state index in [9.17, 15) is 4.79 Å². The first kappa shape index (κ1) is 18.6. The van der Waals surface area contributed by atoms with Crippen molar-refractivity contribution in [3.8, 4) is 11.5 Å². The minimum absolute atomic E-state index is 0.138. The summed E-state index contributed by atoms with van der Waals surface area (Å²) < 4.78 is 11.2. The van der Waals surface area contributed by atoms with E-state index in [0.29, 0.717) is 30.6 Å². The molecule has 2 rings (SSSR count). The van der Waals surface area contributed by atoms with E-state index in [0.717, 1.165) is 11.4 Å².